The van der Waals surface area contributed by atoms with E-state index in [2.05, 4.69) is 17.5 Å². The molecule has 1 amide bonds. The summed E-state index contributed by atoms with van der Waals surface area (Å²) in [6.45, 7) is 1.75. The number of amides is 1. The highest BCUT2D eigenvalue weighted by molar-refractivity contribution is 5.96. The van der Waals surface area contributed by atoms with Gasteiger partial charge in [0.25, 0.3) is 5.91 Å². The van der Waals surface area contributed by atoms with Crippen molar-refractivity contribution in [3.05, 3.63) is 41.5 Å². The second-order valence-corrected chi connectivity index (χ2v) is 4.06. The molecule has 16 heavy (non-hydrogen) atoms. The summed E-state index contributed by atoms with van der Waals surface area (Å²) >= 11 is 0. The third-order valence-corrected chi connectivity index (χ3v) is 2.89. The fourth-order valence-electron chi connectivity index (χ4n) is 1.87. The Morgan fingerprint density at radius 3 is 2.75 bits per heavy atom. The van der Waals surface area contributed by atoms with E-state index in [-0.39, 0.29) is 17.7 Å². The first-order valence-electron chi connectivity index (χ1n) is 5.43. The van der Waals surface area contributed by atoms with Gasteiger partial charge < -0.3 is 10.4 Å². The van der Waals surface area contributed by atoms with Crippen LogP contribution < -0.4 is 5.32 Å². The van der Waals surface area contributed by atoms with Crippen LogP contribution in [0.5, 0.6) is 5.75 Å². The topological polar surface area (TPSA) is 49.3 Å². The van der Waals surface area contributed by atoms with Gasteiger partial charge in [-0.05, 0) is 31.9 Å². The number of phenolic OH excluding ortho intramolecular Hbond substituents is 1. The van der Waals surface area contributed by atoms with Crippen molar-refractivity contribution >= 4 is 5.91 Å². The molecule has 0 radical (unpaired) electrons. The summed E-state index contributed by atoms with van der Waals surface area (Å²) in [4.78, 5) is 11.9. The predicted molar refractivity (Wildman–Crippen MR) is 62.5 cm³/mol. The van der Waals surface area contributed by atoms with Crippen molar-refractivity contribution in [2.24, 2.45) is 0 Å². The van der Waals surface area contributed by atoms with Crippen molar-refractivity contribution in [3.8, 4) is 5.75 Å². The quantitative estimate of drug-likeness (QED) is 0.746. The summed E-state index contributed by atoms with van der Waals surface area (Å²) in [5.74, 6) is 0.0549. The molecule has 0 bridgehead atoms. The molecule has 1 aromatic carbocycles. The van der Waals surface area contributed by atoms with E-state index < -0.39 is 0 Å². The fourth-order valence-corrected chi connectivity index (χ4v) is 1.87. The fraction of sp³-hybridized carbons (Fsp3) is 0.308. The molecule has 2 N–H and O–H groups in total. The molecular weight excluding hydrogens is 202 g/mol. The number of aromatic hydroxyl groups is 1. The Hall–Kier alpha value is -1.77. The number of benzene rings is 1. The highest BCUT2D eigenvalue weighted by Gasteiger charge is 2.16. The lowest BCUT2D eigenvalue weighted by atomic mass is 10.1. The normalized spacial score (nSPS) is 15.3. The van der Waals surface area contributed by atoms with Gasteiger partial charge in [0.05, 0.1) is 0 Å². The number of hydrogen-bond donors (Lipinski definition) is 2. The maximum atomic E-state index is 11.9. The summed E-state index contributed by atoms with van der Waals surface area (Å²) in [7, 11) is 0. The number of carbonyl (C=O) groups is 1. The van der Waals surface area contributed by atoms with E-state index >= 15 is 0 Å². The summed E-state index contributed by atoms with van der Waals surface area (Å²) in [5, 5.41) is 12.5. The molecule has 0 saturated carbocycles. The molecule has 3 heteroatoms. The van der Waals surface area contributed by atoms with Crippen LogP contribution in [0.3, 0.4) is 0 Å². The third kappa shape index (κ3) is 2.08. The van der Waals surface area contributed by atoms with Crippen LogP contribution in [0.15, 0.2) is 30.4 Å². The Labute approximate surface area is 94.8 Å². The number of rotatable bonds is 2. The SMILES string of the molecule is Cc1c(O)cccc1C(=O)NC1CC=CC1. The summed E-state index contributed by atoms with van der Waals surface area (Å²) in [6, 6.07) is 5.20. The molecule has 0 aromatic heterocycles. The van der Waals surface area contributed by atoms with E-state index in [1.54, 1.807) is 25.1 Å². The van der Waals surface area contributed by atoms with E-state index in [1.807, 2.05) is 0 Å². The van der Waals surface area contributed by atoms with Gasteiger partial charge in [0.1, 0.15) is 5.75 Å². The number of phenols is 1. The molecule has 1 aliphatic rings. The van der Waals surface area contributed by atoms with Crippen LogP contribution >= 0.6 is 0 Å². The molecule has 0 unspecified atom stereocenters. The standard InChI is InChI=1S/C13H15NO2/c1-9-11(7-4-8-12(9)15)13(16)14-10-5-2-3-6-10/h2-4,7-8,10,15H,5-6H2,1H3,(H,14,16). The van der Waals surface area contributed by atoms with Crippen LogP contribution in [0.2, 0.25) is 0 Å². The molecule has 0 atom stereocenters. The minimum absolute atomic E-state index is 0.109. The van der Waals surface area contributed by atoms with E-state index in [0.717, 1.165) is 12.8 Å². The van der Waals surface area contributed by atoms with Gasteiger partial charge >= 0.3 is 0 Å². The zero-order valence-corrected chi connectivity index (χ0v) is 9.23. The molecular formula is C13H15NO2. The molecule has 0 fully saturated rings. The highest BCUT2D eigenvalue weighted by Crippen LogP contribution is 2.20. The minimum atomic E-state index is -0.109. The molecule has 84 valence electrons. The molecule has 3 nitrogen and oxygen atoms in total. The van der Waals surface area contributed by atoms with Crippen molar-refractivity contribution in [2.45, 2.75) is 25.8 Å². The van der Waals surface area contributed by atoms with E-state index in [9.17, 15) is 9.90 Å². The zero-order chi connectivity index (χ0) is 11.5. The monoisotopic (exact) mass is 217 g/mol. The first-order chi connectivity index (χ1) is 7.68. The molecule has 0 saturated heterocycles. The molecule has 0 heterocycles. The Morgan fingerprint density at radius 2 is 2.06 bits per heavy atom. The van der Waals surface area contributed by atoms with Crippen LogP contribution in [0.1, 0.15) is 28.8 Å². The minimum Gasteiger partial charge on any atom is -0.508 e. The van der Waals surface area contributed by atoms with Gasteiger partial charge in [0.15, 0.2) is 0 Å². The van der Waals surface area contributed by atoms with Crippen molar-refractivity contribution in [1.29, 1.82) is 0 Å². The number of hydrogen-bond acceptors (Lipinski definition) is 2. The Morgan fingerprint density at radius 1 is 1.38 bits per heavy atom. The van der Waals surface area contributed by atoms with Gasteiger partial charge in [-0.25, -0.2) is 0 Å². The maximum Gasteiger partial charge on any atom is 0.251 e. The van der Waals surface area contributed by atoms with E-state index in [1.165, 1.54) is 0 Å². The van der Waals surface area contributed by atoms with Crippen LogP contribution in [-0.2, 0) is 0 Å². The third-order valence-electron chi connectivity index (χ3n) is 2.89. The molecule has 1 aliphatic carbocycles. The number of nitrogens with one attached hydrogen (secondary N) is 1. The molecule has 0 aliphatic heterocycles. The lowest BCUT2D eigenvalue weighted by Crippen LogP contribution is -2.33. The first kappa shape index (κ1) is 10.7. The van der Waals surface area contributed by atoms with Gasteiger partial charge in [-0.15, -0.1) is 0 Å². The summed E-state index contributed by atoms with van der Waals surface area (Å²) in [5.41, 5.74) is 1.18. The van der Waals surface area contributed by atoms with Crippen LogP contribution in [0.4, 0.5) is 0 Å². The molecule has 0 spiro atoms. The van der Waals surface area contributed by atoms with Gasteiger partial charge in [-0.2, -0.15) is 0 Å². The Bertz CT molecular complexity index is 430. The van der Waals surface area contributed by atoms with Crippen LogP contribution in [0.25, 0.3) is 0 Å². The van der Waals surface area contributed by atoms with Crippen molar-refractivity contribution in [2.75, 3.05) is 0 Å². The second-order valence-electron chi connectivity index (χ2n) is 4.06. The maximum absolute atomic E-state index is 11.9. The Balaban J connectivity index is 2.11. The van der Waals surface area contributed by atoms with Crippen molar-refractivity contribution in [3.63, 3.8) is 0 Å². The highest BCUT2D eigenvalue weighted by atomic mass is 16.3. The van der Waals surface area contributed by atoms with Gasteiger partial charge in [-0.1, -0.05) is 18.2 Å². The average molecular weight is 217 g/mol. The summed E-state index contributed by atoms with van der Waals surface area (Å²) < 4.78 is 0. The van der Waals surface area contributed by atoms with Crippen LogP contribution in [-0.4, -0.2) is 17.1 Å². The van der Waals surface area contributed by atoms with Crippen molar-refractivity contribution < 1.29 is 9.90 Å². The largest absolute Gasteiger partial charge is 0.508 e. The van der Waals surface area contributed by atoms with E-state index in [4.69, 9.17) is 0 Å². The Kier molecular flexibility index (Phi) is 2.95. The zero-order valence-electron chi connectivity index (χ0n) is 9.23. The molecule has 2 rings (SSSR count). The van der Waals surface area contributed by atoms with Gasteiger partial charge in [0.2, 0.25) is 0 Å². The van der Waals surface area contributed by atoms with Crippen LogP contribution in [0, 0.1) is 6.92 Å². The van der Waals surface area contributed by atoms with Gasteiger partial charge in [-0.3, -0.25) is 4.79 Å². The smallest absolute Gasteiger partial charge is 0.251 e. The first-order valence-corrected chi connectivity index (χ1v) is 5.43. The van der Waals surface area contributed by atoms with Gasteiger partial charge in [0, 0.05) is 17.2 Å². The predicted octanol–water partition coefficient (Wildman–Crippen LogP) is 2.15. The lowest BCUT2D eigenvalue weighted by Gasteiger charge is -2.13. The second kappa shape index (κ2) is 4.39. The van der Waals surface area contributed by atoms with Crippen molar-refractivity contribution in [1.82, 2.24) is 5.32 Å². The molecule has 1 aromatic rings. The lowest BCUT2D eigenvalue weighted by molar-refractivity contribution is 0.0938. The van der Waals surface area contributed by atoms with E-state index in [0.29, 0.717) is 11.1 Å². The summed E-state index contributed by atoms with van der Waals surface area (Å²) in [6.07, 6.45) is 5.92. The number of carbonyl (C=O) groups excluding carboxylic acids is 1. The average Bonchev–Trinajstić information content (AvgIpc) is 2.74.